The Balaban J connectivity index is 1.86. The molecule has 6 nitrogen and oxygen atoms in total. The van der Waals surface area contributed by atoms with Crippen molar-refractivity contribution < 1.29 is 27.9 Å². The van der Waals surface area contributed by atoms with Crippen LogP contribution in [0.15, 0.2) is 34.9 Å². The molecule has 1 aromatic rings. The number of rotatable bonds is 7. The van der Waals surface area contributed by atoms with E-state index in [1.54, 1.807) is 0 Å². The van der Waals surface area contributed by atoms with Gasteiger partial charge in [0.1, 0.15) is 0 Å². The van der Waals surface area contributed by atoms with Gasteiger partial charge < -0.3 is 20.6 Å². The number of allylic oxidation sites excluding steroid dienone is 3. The predicted octanol–water partition coefficient (Wildman–Crippen LogP) is 4.91. The lowest BCUT2D eigenvalue weighted by Crippen LogP contribution is -2.51. The van der Waals surface area contributed by atoms with E-state index in [0.717, 1.165) is 36.9 Å². The zero-order valence-corrected chi connectivity index (χ0v) is 22.3. The molecule has 1 aliphatic heterocycles. The predicted molar refractivity (Wildman–Crippen MR) is 137 cm³/mol. The summed E-state index contributed by atoms with van der Waals surface area (Å²) >= 11 is 12.8. The summed E-state index contributed by atoms with van der Waals surface area (Å²) < 4.78 is 43.1. The number of anilines is 1. The molecule has 2 aliphatic carbocycles. The third kappa shape index (κ3) is 4.68. The molecule has 1 heterocycles. The molecule has 1 aromatic carbocycles. The lowest BCUT2D eigenvalue weighted by atomic mass is 9.75. The number of carbonyl (C=O) groups is 2. The van der Waals surface area contributed by atoms with Crippen LogP contribution in [0.2, 0.25) is 0 Å². The maximum atomic E-state index is 14.4. The minimum Gasteiger partial charge on any atom is -0.372 e. The van der Waals surface area contributed by atoms with E-state index < -0.39 is 45.2 Å². The normalized spacial score (nSPS) is 29.7. The van der Waals surface area contributed by atoms with Crippen molar-refractivity contribution in [1.29, 1.82) is 0 Å². The van der Waals surface area contributed by atoms with Crippen molar-refractivity contribution in [3.63, 3.8) is 0 Å². The number of nitrogens with zero attached hydrogens (tertiary/aromatic N) is 2. The molecule has 2 amide bonds. The van der Waals surface area contributed by atoms with E-state index in [1.807, 2.05) is 0 Å². The van der Waals surface area contributed by atoms with Crippen LogP contribution in [0.25, 0.3) is 0 Å². The highest BCUT2D eigenvalue weighted by molar-refractivity contribution is 6.33. The number of primary amides is 1. The van der Waals surface area contributed by atoms with E-state index >= 15 is 0 Å². The van der Waals surface area contributed by atoms with Gasteiger partial charge >= 0.3 is 6.18 Å². The first-order valence-electron chi connectivity index (χ1n) is 12.2. The third-order valence-corrected chi connectivity index (χ3v) is 8.37. The van der Waals surface area contributed by atoms with Gasteiger partial charge in [-0.15, -0.1) is 11.6 Å². The SMILES string of the molecule is CCN(CC)C1CC(CN2C(=O)C(O)(C3=CC=C(Cl)CC3(C)Cl)c3c2cc(C(N)=O)cc3C(F)(F)F)C1. The smallest absolute Gasteiger partial charge is 0.372 e. The van der Waals surface area contributed by atoms with Gasteiger partial charge in [-0.1, -0.05) is 31.5 Å². The van der Waals surface area contributed by atoms with E-state index in [0.29, 0.717) is 17.1 Å². The highest BCUT2D eigenvalue weighted by atomic mass is 35.5. The van der Waals surface area contributed by atoms with Crippen LogP contribution in [0.3, 0.4) is 0 Å². The van der Waals surface area contributed by atoms with Gasteiger partial charge in [-0.3, -0.25) is 9.59 Å². The van der Waals surface area contributed by atoms with Crippen LogP contribution in [0.4, 0.5) is 18.9 Å². The fourth-order valence-electron chi connectivity index (χ4n) is 5.89. The van der Waals surface area contributed by atoms with Crippen LogP contribution in [0.5, 0.6) is 0 Å². The van der Waals surface area contributed by atoms with E-state index in [9.17, 15) is 27.9 Å². The Hall–Kier alpha value is -2.07. The van der Waals surface area contributed by atoms with E-state index in [-0.39, 0.29) is 30.1 Å². The summed E-state index contributed by atoms with van der Waals surface area (Å²) in [5.74, 6) is -2.01. The van der Waals surface area contributed by atoms with Gasteiger partial charge in [0.15, 0.2) is 5.60 Å². The van der Waals surface area contributed by atoms with E-state index in [1.165, 1.54) is 19.1 Å². The quantitative estimate of drug-likeness (QED) is 0.465. The molecule has 1 saturated carbocycles. The summed E-state index contributed by atoms with van der Waals surface area (Å²) in [6, 6.07) is 2.06. The van der Waals surface area contributed by atoms with Crippen molar-refractivity contribution >= 4 is 40.7 Å². The van der Waals surface area contributed by atoms with Crippen molar-refractivity contribution in [3.05, 3.63) is 51.6 Å². The molecule has 0 bridgehead atoms. The summed E-state index contributed by atoms with van der Waals surface area (Å²) in [6.07, 6.45) is -0.728. The lowest BCUT2D eigenvalue weighted by Gasteiger charge is -2.44. The second-order valence-electron chi connectivity index (χ2n) is 10.2. The number of benzene rings is 1. The Bertz CT molecular complexity index is 1190. The average molecular weight is 560 g/mol. The number of carbonyl (C=O) groups excluding carboxylic acids is 2. The number of halogens is 5. The second kappa shape index (κ2) is 9.59. The second-order valence-corrected chi connectivity index (χ2v) is 11.5. The van der Waals surface area contributed by atoms with Gasteiger partial charge in [0.25, 0.3) is 5.91 Å². The van der Waals surface area contributed by atoms with Gasteiger partial charge in [0.2, 0.25) is 5.91 Å². The van der Waals surface area contributed by atoms with Gasteiger partial charge in [-0.2, -0.15) is 13.2 Å². The molecule has 0 radical (unpaired) electrons. The lowest BCUT2D eigenvalue weighted by molar-refractivity contribution is -0.142. The minimum absolute atomic E-state index is 0.00776. The molecule has 4 rings (SSSR count). The minimum atomic E-state index is -4.99. The van der Waals surface area contributed by atoms with Crippen molar-refractivity contribution in [2.24, 2.45) is 11.7 Å². The highest BCUT2D eigenvalue weighted by Gasteiger charge is 2.60. The van der Waals surface area contributed by atoms with Crippen LogP contribution in [0, 0.1) is 5.92 Å². The standard InChI is InChI=1S/C26H30Cl2F3N3O3/c1-4-33(5-2)17-8-14(9-17)13-34-19-11-15(22(32)35)10-18(26(29,30)31)21(19)25(37,23(34)36)20-7-6-16(27)12-24(20,3)28/h6-7,10-11,14,17,37H,4-5,8-9,12-13H2,1-3H3,(H2,32,35). The molecule has 3 aliphatic rings. The maximum Gasteiger partial charge on any atom is 0.416 e. The number of hydrogen-bond acceptors (Lipinski definition) is 4. The molecular weight excluding hydrogens is 530 g/mol. The van der Waals surface area contributed by atoms with Crippen molar-refractivity contribution in [2.45, 2.75) is 62.7 Å². The fraction of sp³-hybridized carbons (Fsp3) is 0.538. The van der Waals surface area contributed by atoms with Crippen LogP contribution in [0.1, 0.15) is 61.5 Å². The number of hydrogen-bond donors (Lipinski definition) is 2. The number of alkyl halides is 4. The molecule has 0 aromatic heterocycles. The summed E-state index contributed by atoms with van der Waals surface area (Å²) in [4.78, 5) is 27.9. The fourth-order valence-corrected chi connectivity index (χ4v) is 6.63. The van der Waals surface area contributed by atoms with Crippen molar-refractivity contribution in [2.75, 3.05) is 24.5 Å². The van der Waals surface area contributed by atoms with Crippen LogP contribution in [-0.4, -0.2) is 52.4 Å². The molecule has 37 heavy (non-hydrogen) atoms. The highest BCUT2D eigenvalue weighted by Crippen LogP contribution is 2.56. The van der Waals surface area contributed by atoms with Gasteiger partial charge in [-0.25, -0.2) is 0 Å². The molecule has 202 valence electrons. The summed E-state index contributed by atoms with van der Waals surface area (Å²) in [6.45, 7) is 7.44. The molecule has 2 atom stereocenters. The zero-order chi connectivity index (χ0) is 27.5. The zero-order valence-electron chi connectivity index (χ0n) is 20.8. The van der Waals surface area contributed by atoms with Gasteiger partial charge in [0, 0.05) is 35.2 Å². The molecule has 11 heteroatoms. The Morgan fingerprint density at radius 3 is 2.38 bits per heavy atom. The largest absolute Gasteiger partial charge is 0.416 e. The third-order valence-electron chi connectivity index (χ3n) is 7.78. The first-order valence-corrected chi connectivity index (χ1v) is 13.0. The first kappa shape index (κ1) is 28.0. The van der Waals surface area contributed by atoms with Crippen LogP contribution >= 0.6 is 23.2 Å². The Labute approximate surface area is 223 Å². The van der Waals surface area contributed by atoms with Crippen molar-refractivity contribution in [3.8, 4) is 0 Å². The summed E-state index contributed by atoms with van der Waals surface area (Å²) in [7, 11) is 0. The monoisotopic (exact) mass is 559 g/mol. The maximum absolute atomic E-state index is 14.4. The molecule has 3 N–H and O–H groups in total. The van der Waals surface area contributed by atoms with Gasteiger partial charge in [-0.05, 0) is 62.6 Å². The number of aliphatic hydroxyl groups is 1. The van der Waals surface area contributed by atoms with E-state index in [4.69, 9.17) is 28.9 Å². The Kier molecular flexibility index (Phi) is 7.25. The van der Waals surface area contributed by atoms with Crippen LogP contribution in [-0.2, 0) is 16.6 Å². The summed E-state index contributed by atoms with van der Waals surface area (Å²) in [5, 5.41) is 12.3. The van der Waals surface area contributed by atoms with Crippen molar-refractivity contribution in [1.82, 2.24) is 4.90 Å². The molecular formula is C26H30Cl2F3N3O3. The number of amides is 2. The number of nitrogens with two attached hydrogens (primary N) is 1. The summed E-state index contributed by atoms with van der Waals surface area (Å²) in [5.41, 5.74) is 0.0127. The Morgan fingerprint density at radius 1 is 1.24 bits per heavy atom. The molecule has 0 spiro atoms. The van der Waals surface area contributed by atoms with Crippen LogP contribution < -0.4 is 10.6 Å². The first-order chi connectivity index (χ1) is 17.1. The topological polar surface area (TPSA) is 86.9 Å². The molecule has 0 saturated heterocycles. The average Bonchev–Trinajstić information content (AvgIpc) is 2.97. The Morgan fingerprint density at radius 2 is 1.86 bits per heavy atom. The van der Waals surface area contributed by atoms with E-state index in [2.05, 4.69) is 18.7 Å². The molecule has 1 fully saturated rings. The van der Waals surface area contributed by atoms with Gasteiger partial charge in [0.05, 0.1) is 16.1 Å². The molecule has 2 unspecified atom stereocenters. The number of fused-ring (bicyclic) bond motifs is 1.